The summed E-state index contributed by atoms with van der Waals surface area (Å²) in [4.78, 5) is 10.7. The Kier molecular flexibility index (Phi) is 5.97. The summed E-state index contributed by atoms with van der Waals surface area (Å²) in [6.45, 7) is 2.39. The van der Waals surface area contributed by atoms with Gasteiger partial charge in [-0.05, 0) is 20.5 Å². The largest absolute Gasteiger partial charge is 0.368 e. The number of nitrogens with two attached hydrogens (primary N) is 1. The molecule has 1 aromatic rings. The van der Waals surface area contributed by atoms with E-state index in [1.165, 1.54) is 8.61 Å². The van der Waals surface area contributed by atoms with Gasteiger partial charge in [-0.1, -0.05) is 0 Å². The number of anilines is 2. The van der Waals surface area contributed by atoms with Gasteiger partial charge in [-0.25, -0.2) is 4.98 Å². The third-order valence-corrected chi connectivity index (χ3v) is 5.90. The Morgan fingerprint density at radius 3 is 2.46 bits per heavy atom. The average molecular weight is 357 g/mol. The molecule has 1 aliphatic rings. The molecular weight excluding hydrogens is 330 g/mol. The first kappa shape index (κ1) is 18.8. The van der Waals surface area contributed by atoms with Crippen LogP contribution in [-0.4, -0.2) is 86.3 Å². The zero-order chi connectivity index (χ0) is 17.9. The van der Waals surface area contributed by atoms with E-state index in [4.69, 9.17) is 5.73 Å². The van der Waals surface area contributed by atoms with E-state index in [0.717, 1.165) is 24.3 Å². The molecule has 1 aliphatic heterocycles. The Morgan fingerprint density at radius 2 is 1.83 bits per heavy atom. The van der Waals surface area contributed by atoms with E-state index in [1.807, 2.05) is 14.1 Å². The van der Waals surface area contributed by atoms with Gasteiger partial charge in [-0.3, -0.25) is 0 Å². The van der Waals surface area contributed by atoms with Crippen molar-refractivity contribution in [3.63, 3.8) is 0 Å². The molecule has 0 unspecified atom stereocenters. The number of nitrogens with one attached hydrogen (secondary N) is 1. The predicted molar refractivity (Wildman–Crippen MR) is 95.1 cm³/mol. The molecule has 0 atom stereocenters. The maximum absolute atomic E-state index is 12.4. The molecule has 0 fully saturated rings. The number of rotatable bonds is 6. The first-order valence-electron chi connectivity index (χ1n) is 7.93. The Bertz CT molecular complexity index is 676. The first-order chi connectivity index (χ1) is 11.2. The highest BCUT2D eigenvalue weighted by Crippen LogP contribution is 2.23. The summed E-state index contributed by atoms with van der Waals surface area (Å²) in [5.74, 6) is 0.925. The second kappa shape index (κ2) is 7.60. The fraction of sp³-hybridized carbons (Fsp3) is 0.714. The van der Waals surface area contributed by atoms with Crippen LogP contribution in [0.5, 0.6) is 0 Å². The molecule has 3 N–H and O–H groups in total. The van der Waals surface area contributed by atoms with Crippen LogP contribution in [0, 0.1) is 0 Å². The third kappa shape index (κ3) is 4.32. The molecular formula is C14H27N7O2S. The Balaban J connectivity index is 2.21. The van der Waals surface area contributed by atoms with Gasteiger partial charge in [0.1, 0.15) is 5.82 Å². The lowest BCUT2D eigenvalue weighted by Gasteiger charge is -2.23. The van der Waals surface area contributed by atoms with E-state index < -0.39 is 10.2 Å². The number of hydrogen-bond acceptors (Lipinski definition) is 7. The van der Waals surface area contributed by atoms with Crippen molar-refractivity contribution in [1.82, 2.24) is 23.5 Å². The quantitative estimate of drug-likeness (QED) is 0.689. The summed E-state index contributed by atoms with van der Waals surface area (Å²) in [6.07, 6.45) is 1.09. The molecule has 0 amide bonds. The predicted octanol–water partition coefficient (Wildman–Crippen LogP) is -0.761. The molecule has 0 radical (unpaired) electrons. The van der Waals surface area contributed by atoms with Gasteiger partial charge >= 0.3 is 0 Å². The van der Waals surface area contributed by atoms with Gasteiger partial charge in [0, 0.05) is 52.3 Å². The summed E-state index contributed by atoms with van der Waals surface area (Å²) in [5.41, 5.74) is 7.60. The third-order valence-electron chi connectivity index (χ3n) is 3.96. The minimum Gasteiger partial charge on any atom is -0.368 e. The highest BCUT2D eigenvalue weighted by molar-refractivity contribution is 7.86. The first-order valence-corrected chi connectivity index (χ1v) is 9.33. The molecule has 0 spiro atoms. The number of hydrogen-bond donors (Lipinski definition) is 2. The van der Waals surface area contributed by atoms with Gasteiger partial charge in [0.2, 0.25) is 5.95 Å². The van der Waals surface area contributed by atoms with Crippen molar-refractivity contribution in [2.45, 2.75) is 12.8 Å². The van der Waals surface area contributed by atoms with Crippen LogP contribution in [0.3, 0.4) is 0 Å². The number of nitrogens with zero attached hydrogens (tertiary/aromatic N) is 5. The summed E-state index contributed by atoms with van der Waals surface area (Å²) in [5, 5.41) is 3.30. The van der Waals surface area contributed by atoms with Crippen molar-refractivity contribution < 1.29 is 8.42 Å². The molecule has 0 saturated carbocycles. The summed E-state index contributed by atoms with van der Waals surface area (Å²) in [7, 11) is 3.65. The van der Waals surface area contributed by atoms with Crippen LogP contribution >= 0.6 is 0 Å². The summed E-state index contributed by atoms with van der Waals surface area (Å²) >= 11 is 0. The van der Waals surface area contributed by atoms with Crippen LogP contribution < -0.4 is 11.1 Å². The number of nitrogen functional groups attached to an aromatic ring is 1. The maximum Gasteiger partial charge on any atom is 0.281 e. The molecule has 0 aromatic carbocycles. The van der Waals surface area contributed by atoms with E-state index in [9.17, 15) is 8.42 Å². The fourth-order valence-corrected chi connectivity index (χ4v) is 3.71. The minimum atomic E-state index is -3.43. The number of likely N-dealkylation sites (N-methyl/N-ethyl adjacent to an activating group) is 1. The van der Waals surface area contributed by atoms with Crippen molar-refractivity contribution in [2.75, 3.05) is 65.4 Å². The molecule has 136 valence electrons. The van der Waals surface area contributed by atoms with E-state index in [1.54, 1.807) is 14.1 Å². The highest BCUT2D eigenvalue weighted by atomic mass is 32.2. The van der Waals surface area contributed by atoms with E-state index in [0.29, 0.717) is 31.7 Å². The Morgan fingerprint density at radius 1 is 1.17 bits per heavy atom. The number of fused-ring (bicyclic) bond motifs is 1. The molecule has 10 heteroatoms. The molecule has 1 aromatic heterocycles. The Labute approximate surface area is 144 Å². The smallest absolute Gasteiger partial charge is 0.281 e. The van der Waals surface area contributed by atoms with Gasteiger partial charge < -0.3 is 16.0 Å². The van der Waals surface area contributed by atoms with Gasteiger partial charge in [-0.2, -0.15) is 22.0 Å². The zero-order valence-electron chi connectivity index (χ0n) is 14.8. The van der Waals surface area contributed by atoms with Crippen molar-refractivity contribution in [2.24, 2.45) is 0 Å². The second-order valence-corrected chi connectivity index (χ2v) is 8.42. The lowest BCUT2D eigenvalue weighted by atomic mass is 10.1. The normalized spacial score (nSPS) is 16.2. The average Bonchev–Trinajstić information content (AvgIpc) is 2.69. The second-order valence-electron chi connectivity index (χ2n) is 6.27. The Hall–Kier alpha value is -1.49. The van der Waals surface area contributed by atoms with Gasteiger partial charge in [0.15, 0.2) is 0 Å². The zero-order valence-corrected chi connectivity index (χ0v) is 15.6. The molecule has 0 aliphatic carbocycles. The van der Waals surface area contributed by atoms with Crippen LogP contribution in [-0.2, 0) is 23.1 Å². The fourth-order valence-electron chi connectivity index (χ4n) is 2.60. The number of aromatic nitrogens is 2. The highest BCUT2D eigenvalue weighted by Gasteiger charge is 2.28. The van der Waals surface area contributed by atoms with Crippen molar-refractivity contribution in [3.8, 4) is 0 Å². The summed E-state index contributed by atoms with van der Waals surface area (Å²) in [6, 6.07) is 0. The van der Waals surface area contributed by atoms with Crippen molar-refractivity contribution >= 4 is 22.0 Å². The van der Waals surface area contributed by atoms with Gasteiger partial charge in [0.05, 0.1) is 5.69 Å². The monoisotopic (exact) mass is 357 g/mol. The van der Waals surface area contributed by atoms with E-state index in [2.05, 4.69) is 20.2 Å². The molecule has 9 nitrogen and oxygen atoms in total. The van der Waals surface area contributed by atoms with E-state index in [-0.39, 0.29) is 5.95 Å². The molecule has 0 saturated heterocycles. The van der Waals surface area contributed by atoms with Gasteiger partial charge in [0.25, 0.3) is 10.2 Å². The summed E-state index contributed by atoms with van der Waals surface area (Å²) < 4.78 is 27.4. The van der Waals surface area contributed by atoms with Gasteiger partial charge in [-0.15, -0.1) is 0 Å². The molecule has 2 heterocycles. The standard InChI is InChI=1S/C14H27N7O2S/c1-19(2)10-7-16-13-11-5-8-21(24(22,23)20(3)4)9-6-12(11)17-14(15)18-13/h5-10H2,1-4H3,(H3,15,16,17,18). The molecule has 24 heavy (non-hydrogen) atoms. The van der Waals surface area contributed by atoms with E-state index >= 15 is 0 Å². The maximum atomic E-state index is 12.4. The minimum absolute atomic E-state index is 0.213. The lowest BCUT2D eigenvalue weighted by molar-refractivity contribution is 0.385. The van der Waals surface area contributed by atoms with Crippen molar-refractivity contribution in [1.29, 1.82) is 0 Å². The van der Waals surface area contributed by atoms with Crippen LogP contribution in [0.4, 0.5) is 11.8 Å². The lowest BCUT2D eigenvalue weighted by Crippen LogP contribution is -2.41. The van der Waals surface area contributed by atoms with Crippen LogP contribution in [0.2, 0.25) is 0 Å². The SMILES string of the molecule is CN(C)CCNc1nc(N)nc2c1CCN(S(=O)(=O)N(C)C)CC2. The van der Waals surface area contributed by atoms with Crippen LogP contribution in [0.1, 0.15) is 11.3 Å². The van der Waals surface area contributed by atoms with Crippen molar-refractivity contribution in [3.05, 3.63) is 11.3 Å². The molecule has 0 bridgehead atoms. The van der Waals surface area contributed by atoms with Crippen LogP contribution in [0.25, 0.3) is 0 Å². The van der Waals surface area contributed by atoms with Crippen LogP contribution in [0.15, 0.2) is 0 Å². The molecule has 2 rings (SSSR count). The topological polar surface area (TPSA) is 108 Å².